The Morgan fingerprint density at radius 1 is 1.15 bits per heavy atom. The summed E-state index contributed by atoms with van der Waals surface area (Å²) in [5.74, 6) is -4.93. The number of ether oxygens (including phenoxy) is 1. The van der Waals surface area contributed by atoms with E-state index in [-0.39, 0.29) is 5.41 Å². The van der Waals surface area contributed by atoms with E-state index >= 15 is 0 Å². The van der Waals surface area contributed by atoms with Crippen molar-refractivity contribution in [1.82, 2.24) is 0 Å². The average molecular weight is 402 g/mol. The van der Waals surface area contributed by atoms with Crippen LogP contribution in [0.25, 0.3) is 0 Å². The Kier molecular flexibility index (Phi) is 4.43. The van der Waals surface area contributed by atoms with Gasteiger partial charge in [0.1, 0.15) is 0 Å². The molecule has 26 heavy (non-hydrogen) atoms. The van der Waals surface area contributed by atoms with Crippen LogP contribution in [-0.4, -0.2) is 36.7 Å². The van der Waals surface area contributed by atoms with Gasteiger partial charge in [0.25, 0.3) is 0 Å². The SMILES string of the molecule is CC12CC3CC(C1)CC(C(=O)OCCC(F)(F)C(F)(F)S(=O)(=O)O)(C3)C2. The molecule has 0 heterocycles. The molecule has 2 unspecified atom stereocenters. The zero-order chi connectivity index (χ0) is 19.6. The normalized spacial score (nSPS) is 37.0. The van der Waals surface area contributed by atoms with E-state index in [1.807, 2.05) is 0 Å². The molecule has 10 heteroatoms. The third kappa shape index (κ3) is 3.12. The molecular formula is C16H22F4O5S. The van der Waals surface area contributed by atoms with E-state index in [2.05, 4.69) is 6.92 Å². The molecule has 150 valence electrons. The van der Waals surface area contributed by atoms with Crippen LogP contribution in [0.15, 0.2) is 0 Å². The summed E-state index contributed by atoms with van der Waals surface area (Å²) in [7, 11) is -6.28. The van der Waals surface area contributed by atoms with Crippen LogP contribution in [0, 0.1) is 22.7 Å². The van der Waals surface area contributed by atoms with Crippen molar-refractivity contribution in [3.8, 4) is 0 Å². The Bertz CT molecular complexity index is 691. The van der Waals surface area contributed by atoms with Crippen molar-refractivity contribution < 1.29 is 40.1 Å². The van der Waals surface area contributed by atoms with Crippen molar-refractivity contribution in [2.75, 3.05) is 6.61 Å². The fraction of sp³-hybridized carbons (Fsp3) is 0.938. The fourth-order valence-electron chi connectivity index (χ4n) is 5.72. The van der Waals surface area contributed by atoms with E-state index < -0.39 is 45.7 Å². The van der Waals surface area contributed by atoms with E-state index in [4.69, 9.17) is 9.29 Å². The van der Waals surface area contributed by atoms with Gasteiger partial charge in [0, 0.05) is 0 Å². The number of halogens is 4. The minimum absolute atomic E-state index is 0.0189. The highest BCUT2D eigenvalue weighted by Crippen LogP contribution is 2.65. The molecule has 4 rings (SSSR count). The zero-order valence-electron chi connectivity index (χ0n) is 14.3. The molecular weight excluding hydrogens is 380 g/mol. The van der Waals surface area contributed by atoms with Gasteiger partial charge in [-0.3, -0.25) is 9.35 Å². The molecule has 0 radical (unpaired) electrons. The van der Waals surface area contributed by atoms with Crippen LogP contribution in [0.3, 0.4) is 0 Å². The highest BCUT2D eigenvalue weighted by Gasteiger charge is 2.65. The molecule has 4 bridgehead atoms. The van der Waals surface area contributed by atoms with Crippen LogP contribution < -0.4 is 0 Å². The van der Waals surface area contributed by atoms with Crippen molar-refractivity contribution in [2.24, 2.45) is 22.7 Å². The first kappa shape index (κ1) is 19.9. The number of rotatable bonds is 6. The predicted octanol–water partition coefficient (Wildman–Crippen LogP) is 3.64. The molecule has 4 saturated carbocycles. The molecule has 2 atom stereocenters. The first-order valence-electron chi connectivity index (χ1n) is 8.60. The molecule has 0 spiro atoms. The monoisotopic (exact) mass is 402 g/mol. The van der Waals surface area contributed by atoms with Crippen molar-refractivity contribution in [3.63, 3.8) is 0 Å². The van der Waals surface area contributed by atoms with Gasteiger partial charge in [0.05, 0.1) is 18.4 Å². The first-order valence-corrected chi connectivity index (χ1v) is 10.0. The number of alkyl halides is 4. The Balaban J connectivity index is 1.63. The second-order valence-corrected chi connectivity index (χ2v) is 10.1. The highest BCUT2D eigenvalue weighted by atomic mass is 32.2. The van der Waals surface area contributed by atoms with Crippen molar-refractivity contribution in [3.05, 3.63) is 0 Å². The summed E-state index contributed by atoms with van der Waals surface area (Å²) >= 11 is 0. The lowest BCUT2D eigenvalue weighted by Gasteiger charge is -2.59. The van der Waals surface area contributed by atoms with Crippen molar-refractivity contribution >= 4 is 16.1 Å². The minimum Gasteiger partial charge on any atom is -0.465 e. The number of carbonyl (C=O) groups is 1. The second kappa shape index (κ2) is 5.80. The van der Waals surface area contributed by atoms with Crippen LogP contribution in [0.1, 0.15) is 51.9 Å². The Hall–Kier alpha value is -0.900. The molecule has 4 aliphatic rings. The standard InChI is InChI=1S/C16H22F4O5S/c1-13-5-10-4-11(6-13)8-14(7-10,9-13)12(21)25-3-2-15(17,18)16(19,20)26(22,23)24/h10-11H,2-9H2,1H3,(H,22,23,24). The average Bonchev–Trinajstić information content (AvgIpc) is 2.42. The highest BCUT2D eigenvalue weighted by molar-refractivity contribution is 7.87. The molecule has 5 nitrogen and oxygen atoms in total. The number of esters is 1. The largest absolute Gasteiger partial charge is 0.465 e. The van der Waals surface area contributed by atoms with Crippen LogP contribution in [0.2, 0.25) is 0 Å². The maximum Gasteiger partial charge on any atom is 0.431 e. The minimum atomic E-state index is -6.28. The predicted molar refractivity (Wildman–Crippen MR) is 82.2 cm³/mol. The van der Waals surface area contributed by atoms with E-state index in [1.54, 1.807) is 0 Å². The summed E-state index contributed by atoms with van der Waals surface area (Å²) in [6, 6.07) is 0. The van der Waals surface area contributed by atoms with Crippen LogP contribution in [0.4, 0.5) is 17.6 Å². The molecule has 0 aliphatic heterocycles. The lowest BCUT2D eigenvalue weighted by molar-refractivity contribution is -0.189. The van der Waals surface area contributed by atoms with Gasteiger partial charge in [0.2, 0.25) is 0 Å². The molecule has 4 fully saturated rings. The second-order valence-electron chi connectivity index (χ2n) is 8.63. The topological polar surface area (TPSA) is 80.7 Å². The van der Waals surface area contributed by atoms with E-state index in [0.29, 0.717) is 31.1 Å². The number of hydrogen-bond acceptors (Lipinski definition) is 4. The van der Waals surface area contributed by atoms with Gasteiger partial charge in [-0.05, 0) is 55.8 Å². The number of carbonyl (C=O) groups excluding carboxylic acids is 1. The van der Waals surface area contributed by atoms with E-state index in [0.717, 1.165) is 19.3 Å². The smallest absolute Gasteiger partial charge is 0.431 e. The molecule has 0 aromatic carbocycles. The van der Waals surface area contributed by atoms with E-state index in [9.17, 15) is 30.8 Å². The van der Waals surface area contributed by atoms with Crippen LogP contribution in [-0.2, 0) is 19.6 Å². The van der Waals surface area contributed by atoms with E-state index in [1.165, 1.54) is 0 Å². The summed E-state index contributed by atoms with van der Waals surface area (Å²) in [5.41, 5.74) is -0.731. The summed E-state index contributed by atoms with van der Waals surface area (Å²) in [6.45, 7) is 1.07. The lowest BCUT2D eigenvalue weighted by Crippen LogP contribution is -2.54. The number of hydrogen-bond donors (Lipinski definition) is 1. The molecule has 0 aromatic heterocycles. The van der Waals surface area contributed by atoms with Crippen molar-refractivity contribution in [2.45, 2.75) is 63.0 Å². The van der Waals surface area contributed by atoms with Gasteiger partial charge in [-0.15, -0.1) is 0 Å². The van der Waals surface area contributed by atoms with Gasteiger partial charge >= 0.3 is 27.3 Å². The molecule has 0 aromatic rings. The Morgan fingerprint density at radius 2 is 1.69 bits per heavy atom. The first-order chi connectivity index (χ1) is 11.7. The zero-order valence-corrected chi connectivity index (χ0v) is 15.1. The van der Waals surface area contributed by atoms with Crippen LogP contribution >= 0.6 is 0 Å². The maximum absolute atomic E-state index is 13.5. The summed E-state index contributed by atoms with van der Waals surface area (Å²) < 4.78 is 87.5. The van der Waals surface area contributed by atoms with Gasteiger partial charge in [0.15, 0.2) is 0 Å². The maximum atomic E-state index is 13.5. The van der Waals surface area contributed by atoms with Gasteiger partial charge in [-0.1, -0.05) is 6.92 Å². The molecule has 0 amide bonds. The third-order valence-corrected chi connectivity index (χ3v) is 7.13. The van der Waals surface area contributed by atoms with Crippen molar-refractivity contribution in [1.29, 1.82) is 0 Å². The lowest BCUT2D eigenvalue weighted by atomic mass is 9.44. The quantitative estimate of drug-likeness (QED) is 0.417. The molecule has 1 N–H and O–H groups in total. The molecule has 0 saturated heterocycles. The summed E-state index contributed by atoms with van der Waals surface area (Å²) in [6.07, 6.45) is 3.25. The van der Waals surface area contributed by atoms with Gasteiger partial charge in [-0.25, -0.2) is 0 Å². The fourth-order valence-corrected chi connectivity index (χ4v) is 6.20. The summed E-state index contributed by atoms with van der Waals surface area (Å²) in [5, 5.41) is -5.64. The molecule has 4 aliphatic carbocycles. The third-order valence-electron chi connectivity index (χ3n) is 6.19. The van der Waals surface area contributed by atoms with Crippen LogP contribution in [0.5, 0.6) is 0 Å². The van der Waals surface area contributed by atoms with Gasteiger partial charge in [-0.2, -0.15) is 26.0 Å². The van der Waals surface area contributed by atoms with Gasteiger partial charge < -0.3 is 4.74 Å². The Morgan fingerprint density at radius 3 is 2.15 bits per heavy atom. The Labute approximate surface area is 149 Å². The summed E-state index contributed by atoms with van der Waals surface area (Å²) in [4.78, 5) is 12.5.